The fourth-order valence-corrected chi connectivity index (χ4v) is 2.37. The van der Waals surface area contributed by atoms with Gasteiger partial charge in [-0.05, 0) is 25.0 Å². The van der Waals surface area contributed by atoms with Crippen molar-refractivity contribution < 1.29 is 0 Å². The lowest BCUT2D eigenvalue weighted by molar-refractivity contribution is 0.672. The zero-order chi connectivity index (χ0) is 11.7. The number of aromatic amines is 1. The van der Waals surface area contributed by atoms with E-state index in [9.17, 15) is 0 Å². The van der Waals surface area contributed by atoms with Gasteiger partial charge in [-0.15, -0.1) is 0 Å². The number of nitrogens with two attached hydrogens (primary N) is 1. The van der Waals surface area contributed by atoms with E-state index in [-0.39, 0.29) is 0 Å². The Morgan fingerprint density at radius 1 is 1.29 bits per heavy atom. The predicted octanol–water partition coefficient (Wildman–Crippen LogP) is 2.11. The Morgan fingerprint density at radius 2 is 2.12 bits per heavy atom. The summed E-state index contributed by atoms with van der Waals surface area (Å²) in [7, 11) is 0. The molecule has 1 saturated carbocycles. The van der Waals surface area contributed by atoms with Crippen LogP contribution in [0.2, 0.25) is 0 Å². The summed E-state index contributed by atoms with van der Waals surface area (Å²) < 4.78 is 0. The van der Waals surface area contributed by atoms with Gasteiger partial charge < -0.3 is 5.73 Å². The van der Waals surface area contributed by atoms with Crippen LogP contribution in [-0.4, -0.2) is 20.2 Å². The van der Waals surface area contributed by atoms with Crippen molar-refractivity contribution in [3.05, 3.63) is 24.2 Å². The lowest BCUT2D eigenvalue weighted by Crippen LogP contribution is -1.96. The van der Waals surface area contributed by atoms with E-state index >= 15 is 0 Å². The molecule has 0 amide bonds. The fraction of sp³-hybridized carbons (Fsp3) is 0.417. The van der Waals surface area contributed by atoms with Gasteiger partial charge in [-0.2, -0.15) is 5.10 Å². The van der Waals surface area contributed by atoms with Crippen molar-refractivity contribution in [1.29, 1.82) is 0 Å². The normalized spacial score (nSPS) is 16.5. The highest BCUT2D eigenvalue weighted by Crippen LogP contribution is 2.32. The number of nitrogens with one attached hydrogen (secondary N) is 1. The topological polar surface area (TPSA) is 80.5 Å². The summed E-state index contributed by atoms with van der Waals surface area (Å²) in [5.41, 5.74) is 7.13. The molecule has 0 atom stereocenters. The van der Waals surface area contributed by atoms with Crippen molar-refractivity contribution in [1.82, 2.24) is 20.2 Å². The molecule has 3 N–H and O–H groups in total. The number of rotatable bonds is 2. The Morgan fingerprint density at radius 3 is 2.88 bits per heavy atom. The maximum absolute atomic E-state index is 5.86. The van der Waals surface area contributed by atoms with Crippen molar-refractivity contribution >= 4 is 5.69 Å². The molecule has 1 aliphatic rings. The molecule has 17 heavy (non-hydrogen) atoms. The monoisotopic (exact) mass is 229 g/mol. The van der Waals surface area contributed by atoms with Gasteiger partial charge >= 0.3 is 0 Å². The van der Waals surface area contributed by atoms with Gasteiger partial charge in [0, 0.05) is 12.1 Å². The van der Waals surface area contributed by atoms with E-state index in [1.165, 1.54) is 25.7 Å². The molecular weight excluding hydrogens is 214 g/mol. The van der Waals surface area contributed by atoms with Gasteiger partial charge in [-0.1, -0.05) is 12.8 Å². The molecule has 2 heterocycles. The molecule has 88 valence electrons. The molecule has 0 spiro atoms. The van der Waals surface area contributed by atoms with Gasteiger partial charge in [0.1, 0.15) is 11.5 Å². The number of aromatic nitrogens is 4. The molecule has 0 aliphatic heterocycles. The van der Waals surface area contributed by atoms with E-state index < -0.39 is 0 Å². The van der Waals surface area contributed by atoms with Crippen LogP contribution < -0.4 is 5.73 Å². The van der Waals surface area contributed by atoms with Gasteiger partial charge in [0.25, 0.3) is 0 Å². The number of nitrogens with zero attached hydrogens (tertiary/aromatic N) is 3. The Labute approximate surface area is 99.5 Å². The van der Waals surface area contributed by atoms with E-state index in [1.54, 1.807) is 6.20 Å². The Balaban J connectivity index is 1.92. The highest BCUT2D eigenvalue weighted by molar-refractivity contribution is 5.66. The number of nitrogen functional groups attached to an aromatic ring is 1. The maximum Gasteiger partial charge on any atom is 0.201 e. The van der Waals surface area contributed by atoms with Crippen LogP contribution in [0.15, 0.2) is 18.3 Å². The molecule has 2 aromatic heterocycles. The molecular formula is C12H15N5. The molecule has 1 fully saturated rings. The summed E-state index contributed by atoms with van der Waals surface area (Å²) in [4.78, 5) is 8.73. The van der Waals surface area contributed by atoms with Crippen molar-refractivity contribution in [2.24, 2.45) is 0 Å². The van der Waals surface area contributed by atoms with E-state index in [1.807, 2.05) is 12.1 Å². The van der Waals surface area contributed by atoms with Gasteiger partial charge in [0.15, 0.2) is 0 Å². The molecule has 0 bridgehead atoms. The van der Waals surface area contributed by atoms with Crippen LogP contribution in [0.4, 0.5) is 5.69 Å². The minimum atomic E-state index is 0.529. The third-order valence-corrected chi connectivity index (χ3v) is 3.30. The van der Waals surface area contributed by atoms with Crippen molar-refractivity contribution in [2.75, 3.05) is 5.73 Å². The van der Waals surface area contributed by atoms with Gasteiger partial charge in [-0.25, -0.2) is 4.98 Å². The average molecular weight is 229 g/mol. The van der Waals surface area contributed by atoms with Crippen molar-refractivity contribution in [3.63, 3.8) is 0 Å². The van der Waals surface area contributed by atoms with Crippen molar-refractivity contribution in [2.45, 2.75) is 31.6 Å². The fourth-order valence-electron chi connectivity index (χ4n) is 2.37. The van der Waals surface area contributed by atoms with Gasteiger partial charge in [0.05, 0.1) is 5.69 Å². The van der Waals surface area contributed by atoms with E-state index in [0.717, 1.165) is 5.82 Å². The lowest BCUT2D eigenvalue weighted by atomic mass is 10.1. The first-order chi connectivity index (χ1) is 8.34. The minimum absolute atomic E-state index is 0.529. The third kappa shape index (κ3) is 1.88. The van der Waals surface area contributed by atoms with Crippen LogP contribution in [0.1, 0.15) is 37.4 Å². The molecule has 5 heteroatoms. The first-order valence-electron chi connectivity index (χ1n) is 5.98. The zero-order valence-corrected chi connectivity index (χ0v) is 9.56. The second-order valence-corrected chi connectivity index (χ2v) is 4.47. The van der Waals surface area contributed by atoms with Crippen molar-refractivity contribution in [3.8, 4) is 11.5 Å². The molecule has 2 aromatic rings. The SMILES string of the molecule is Nc1cccnc1-c1n[nH]c(C2CCCC2)n1. The second-order valence-electron chi connectivity index (χ2n) is 4.47. The Kier molecular flexibility index (Phi) is 2.51. The number of hydrogen-bond acceptors (Lipinski definition) is 4. The summed E-state index contributed by atoms with van der Waals surface area (Å²) in [5.74, 6) is 2.11. The van der Waals surface area contributed by atoms with Crippen LogP contribution in [0, 0.1) is 0 Å². The van der Waals surface area contributed by atoms with Gasteiger partial charge in [-0.3, -0.25) is 10.1 Å². The summed E-state index contributed by atoms with van der Waals surface area (Å²) >= 11 is 0. The molecule has 0 aromatic carbocycles. The summed E-state index contributed by atoms with van der Waals surface area (Å²) in [6, 6.07) is 3.62. The quantitative estimate of drug-likeness (QED) is 0.826. The Bertz CT molecular complexity index is 513. The van der Waals surface area contributed by atoms with E-state index in [0.29, 0.717) is 23.1 Å². The van der Waals surface area contributed by atoms with Crippen LogP contribution in [0.25, 0.3) is 11.5 Å². The smallest absolute Gasteiger partial charge is 0.201 e. The van der Waals surface area contributed by atoms with Crippen LogP contribution in [0.5, 0.6) is 0 Å². The minimum Gasteiger partial charge on any atom is -0.397 e. The summed E-state index contributed by atoms with van der Waals surface area (Å²) in [5, 5.41) is 7.23. The number of H-pyrrole nitrogens is 1. The summed E-state index contributed by atoms with van der Waals surface area (Å²) in [6.45, 7) is 0. The molecule has 3 rings (SSSR count). The number of anilines is 1. The zero-order valence-electron chi connectivity index (χ0n) is 9.56. The molecule has 0 unspecified atom stereocenters. The third-order valence-electron chi connectivity index (χ3n) is 3.30. The second kappa shape index (κ2) is 4.16. The number of hydrogen-bond donors (Lipinski definition) is 2. The van der Waals surface area contributed by atoms with Gasteiger partial charge in [0.2, 0.25) is 5.82 Å². The molecule has 5 nitrogen and oxygen atoms in total. The first kappa shape index (κ1) is 10.3. The molecule has 1 aliphatic carbocycles. The number of pyridine rings is 1. The summed E-state index contributed by atoms with van der Waals surface area (Å²) in [6.07, 6.45) is 6.68. The standard InChI is InChI=1S/C12H15N5/c13-9-6-3-7-14-10(9)12-15-11(16-17-12)8-4-1-2-5-8/h3,6-8H,1-2,4-5,13H2,(H,15,16,17). The largest absolute Gasteiger partial charge is 0.397 e. The molecule has 0 radical (unpaired) electrons. The van der Waals surface area contributed by atoms with Crippen LogP contribution in [0.3, 0.4) is 0 Å². The highest BCUT2D eigenvalue weighted by Gasteiger charge is 2.21. The predicted molar refractivity (Wildman–Crippen MR) is 65.2 cm³/mol. The van der Waals surface area contributed by atoms with E-state index in [2.05, 4.69) is 20.2 Å². The maximum atomic E-state index is 5.86. The first-order valence-corrected chi connectivity index (χ1v) is 5.98. The van der Waals surface area contributed by atoms with Crippen LogP contribution >= 0.6 is 0 Å². The van der Waals surface area contributed by atoms with Crippen LogP contribution in [-0.2, 0) is 0 Å². The Hall–Kier alpha value is -1.91. The highest BCUT2D eigenvalue weighted by atomic mass is 15.2. The average Bonchev–Trinajstić information content (AvgIpc) is 3.00. The van der Waals surface area contributed by atoms with E-state index in [4.69, 9.17) is 5.73 Å². The molecule has 0 saturated heterocycles. The lowest BCUT2D eigenvalue weighted by Gasteiger charge is -2.02.